The second-order valence-corrected chi connectivity index (χ2v) is 5.10. The van der Waals surface area contributed by atoms with E-state index in [-0.39, 0.29) is 30.8 Å². The third-order valence-corrected chi connectivity index (χ3v) is 2.90. The second kappa shape index (κ2) is 7.54. The van der Waals surface area contributed by atoms with E-state index in [0.717, 1.165) is 0 Å². The lowest BCUT2D eigenvalue weighted by Crippen LogP contribution is -2.28. The van der Waals surface area contributed by atoms with Gasteiger partial charge < -0.3 is 4.74 Å². The minimum absolute atomic E-state index is 0.0953. The van der Waals surface area contributed by atoms with Crippen LogP contribution in [0.4, 0.5) is 4.39 Å². The molecule has 0 saturated carbocycles. The van der Waals surface area contributed by atoms with Gasteiger partial charge in [-0.2, -0.15) is 0 Å². The molecule has 22 heavy (non-hydrogen) atoms. The number of rotatable bonds is 5. The van der Waals surface area contributed by atoms with Crippen LogP contribution in [0.3, 0.4) is 0 Å². The van der Waals surface area contributed by atoms with Gasteiger partial charge in [-0.25, -0.2) is 4.39 Å². The molecule has 0 saturated heterocycles. The Morgan fingerprint density at radius 2 is 1.95 bits per heavy atom. The Kier molecular flexibility index (Phi) is 5.47. The van der Waals surface area contributed by atoms with Crippen LogP contribution >= 0.6 is 0 Å². The van der Waals surface area contributed by atoms with E-state index in [4.69, 9.17) is 4.74 Å². The van der Waals surface area contributed by atoms with Crippen molar-refractivity contribution in [1.29, 1.82) is 0 Å². The Bertz CT molecular complexity index is 690. The summed E-state index contributed by atoms with van der Waals surface area (Å²) in [5.41, 5.74) is 0.629. The average molecular weight is 302 g/mol. The normalized spacial score (nSPS) is 11.7. The summed E-state index contributed by atoms with van der Waals surface area (Å²) in [5.74, 6) is 0.129. The Labute approximate surface area is 128 Å². The van der Waals surface area contributed by atoms with Crippen LogP contribution in [0.15, 0.2) is 53.7 Å². The molecule has 0 spiro atoms. The number of carbonyl (C=O) groups excluding carboxylic acids is 1. The number of carbonyl (C=O) groups is 1. The Hall–Kier alpha value is -2.43. The Morgan fingerprint density at radius 1 is 1.23 bits per heavy atom. The van der Waals surface area contributed by atoms with Crippen LogP contribution in [0.1, 0.15) is 25.1 Å². The first-order valence-corrected chi connectivity index (χ1v) is 7.19. The molecule has 0 radical (unpaired) electrons. The van der Waals surface area contributed by atoms with Crippen LogP contribution in [-0.4, -0.2) is 23.1 Å². The fourth-order valence-corrected chi connectivity index (χ4v) is 1.92. The van der Waals surface area contributed by atoms with E-state index in [1.807, 2.05) is 19.9 Å². The minimum atomic E-state index is -0.316. The molecule has 0 fully saturated rings. The molecule has 2 aromatic rings. The van der Waals surface area contributed by atoms with Crippen molar-refractivity contribution < 1.29 is 13.9 Å². The van der Waals surface area contributed by atoms with E-state index >= 15 is 0 Å². The molecule has 1 heterocycles. The summed E-state index contributed by atoms with van der Waals surface area (Å²) >= 11 is 0. The Morgan fingerprint density at radius 3 is 2.64 bits per heavy atom. The van der Waals surface area contributed by atoms with Crippen molar-refractivity contribution >= 4 is 5.91 Å². The van der Waals surface area contributed by atoms with E-state index in [1.54, 1.807) is 18.3 Å². The van der Waals surface area contributed by atoms with Crippen LogP contribution in [-0.2, 0) is 0 Å². The first-order chi connectivity index (χ1) is 10.6. The van der Waals surface area contributed by atoms with E-state index in [0.29, 0.717) is 11.2 Å². The van der Waals surface area contributed by atoms with Gasteiger partial charge in [0.15, 0.2) is 0 Å². The predicted molar refractivity (Wildman–Crippen MR) is 82.3 cm³/mol. The van der Waals surface area contributed by atoms with Crippen LogP contribution in [0.5, 0.6) is 5.75 Å². The summed E-state index contributed by atoms with van der Waals surface area (Å²) in [4.78, 5) is 16.7. The van der Waals surface area contributed by atoms with Gasteiger partial charge in [0.1, 0.15) is 17.1 Å². The van der Waals surface area contributed by atoms with Crippen LogP contribution < -0.4 is 10.2 Å². The number of hydrogen-bond donors (Lipinski definition) is 0. The summed E-state index contributed by atoms with van der Waals surface area (Å²) in [6.45, 7) is 4.15. The topological polar surface area (TPSA) is 43.6 Å². The number of pyridine rings is 1. The van der Waals surface area contributed by atoms with E-state index in [9.17, 15) is 9.18 Å². The molecular weight excluding hydrogens is 283 g/mol. The highest BCUT2D eigenvalue weighted by Crippen LogP contribution is 2.11. The maximum Gasteiger partial charge on any atom is 0.235 e. The fourth-order valence-electron chi connectivity index (χ4n) is 1.92. The average Bonchev–Trinajstić information content (AvgIpc) is 2.49. The zero-order valence-electron chi connectivity index (χ0n) is 12.7. The van der Waals surface area contributed by atoms with Gasteiger partial charge in [-0.3, -0.25) is 14.4 Å². The highest BCUT2D eigenvalue weighted by Gasteiger charge is 2.06. The monoisotopic (exact) mass is 302 g/mol. The van der Waals surface area contributed by atoms with Crippen molar-refractivity contribution in [1.82, 2.24) is 4.57 Å². The number of ether oxygens (including phenoxy) is 1. The van der Waals surface area contributed by atoms with Gasteiger partial charge in [0.25, 0.3) is 0 Å². The molecule has 0 bridgehead atoms. The number of hydrogen-bond acceptors (Lipinski definition) is 3. The molecule has 0 N–H and O–H groups in total. The quantitative estimate of drug-likeness (QED) is 0.852. The van der Waals surface area contributed by atoms with Crippen molar-refractivity contribution in [2.75, 3.05) is 6.61 Å². The SMILES string of the molecule is CC(C)N=c1ccccn1C(=O)CCOc1ccc(F)cc1. The highest BCUT2D eigenvalue weighted by molar-refractivity contribution is 5.78. The summed E-state index contributed by atoms with van der Waals surface area (Å²) in [6.07, 6.45) is 1.91. The lowest BCUT2D eigenvalue weighted by atomic mass is 10.3. The third-order valence-electron chi connectivity index (χ3n) is 2.90. The molecule has 1 aromatic carbocycles. The molecular formula is C17H19FN2O2. The minimum Gasteiger partial charge on any atom is -0.493 e. The van der Waals surface area contributed by atoms with Gasteiger partial charge in [0, 0.05) is 12.2 Å². The fraction of sp³-hybridized carbons (Fsp3) is 0.294. The molecule has 2 rings (SSSR count). The number of benzene rings is 1. The third kappa shape index (κ3) is 4.55. The highest BCUT2D eigenvalue weighted by atomic mass is 19.1. The largest absolute Gasteiger partial charge is 0.493 e. The number of nitrogens with zero attached hydrogens (tertiary/aromatic N) is 2. The molecule has 1 aromatic heterocycles. The maximum absolute atomic E-state index is 12.8. The number of halogens is 1. The molecule has 5 heteroatoms. The molecule has 116 valence electrons. The summed E-state index contributed by atoms with van der Waals surface area (Å²) < 4.78 is 19.7. The van der Waals surface area contributed by atoms with E-state index in [1.165, 1.54) is 28.8 Å². The molecule has 0 aliphatic rings. The first-order valence-electron chi connectivity index (χ1n) is 7.19. The van der Waals surface area contributed by atoms with Gasteiger partial charge in [-0.1, -0.05) is 6.07 Å². The van der Waals surface area contributed by atoms with Gasteiger partial charge >= 0.3 is 0 Å². The van der Waals surface area contributed by atoms with Crippen molar-refractivity contribution in [2.45, 2.75) is 26.3 Å². The molecule has 4 nitrogen and oxygen atoms in total. The lowest BCUT2D eigenvalue weighted by Gasteiger charge is -2.08. The summed E-state index contributed by atoms with van der Waals surface area (Å²) in [5, 5.41) is 0. The zero-order chi connectivity index (χ0) is 15.9. The van der Waals surface area contributed by atoms with Crippen molar-refractivity contribution in [3.8, 4) is 5.75 Å². The zero-order valence-corrected chi connectivity index (χ0v) is 12.7. The first kappa shape index (κ1) is 15.9. The molecule has 0 aliphatic heterocycles. The summed E-state index contributed by atoms with van der Waals surface area (Å²) in [7, 11) is 0. The summed E-state index contributed by atoms with van der Waals surface area (Å²) in [6, 6.07) is 11.3. The van der Waals surface area contributed by atoms with Crippen molar-refractivity contribution in [3.63, 3.8) is 0 Å². The Balaban J connectivity index is 2.00. The molecule has 0 unspecified atom stereocenters. The van der Waals surface area contributed by atoms with Gasteiger partial charge in [-0.05, 0) is 50.2 Å². The van der Waals surface area contributed by atoms with Gasteiger partial charge in [0.2, 0.25) is 5.91 Å². The predicted octanol–water partition coefficient (Wildman–Crippen LogP) is 3.05. The van der Waals surface area contributed by atoms with Crippen LogP contribution in [0.2, 0.25) is 0 Å². The molecule has 0 amide bonds. The van der Waals surface area contributed by atoms with Crippen LogP contribution in [0.25, 0.3) is 0 Å². The van der Waals surface area contributed by atoms with Crippen LogP contribution in [0, 0.1) is 5.82 Å². The smallest absolute Gasteiger partial charge is 0.235 e. The van der Waals surface area contributed by atoms with Crippen molar-refractivity contribution in [3.05, 3.63) is 60.0 Å². The number of aromatic nitrogens is 1. The van der Waals surface area contributed by atoms with E-state index in [2.05, 4.69) is 4.99 Å². The van der Waals surface area contributed by atoms with Gasteiger partial charge in [0.05, 0.1) is 13.0 Å². The molecule has 0 atom stereocenters. The maximum atomic E-state index is 12.8. The van der Waals surface area contributed by atoms with Gasteiger partial charge in [-0.15, -0.1) is 0 Å². The van der Waals surface area contributed by atoms with E-state index < -0.39 is 0 Å². The van der Waals surface area contributed by atoms with Crippen molar-refractivity contribution in [2.24, 2.45) is 4.99 Å². The molecule has 0 aliphatic carbocycles. The lowest BCUT2D eigenvalue weighted by molar-refractivity contribution is 0.0875. The standard InChI is InChI=1S/C17H19FN2O2/c1-13(2)19-16-5-3-4-11-20(16)17(21)10-12-22-15-8-6-14(18)7-9-15/h3-9,11,13H,10,12H2,1-2H3. The second-order valence-electron chi connectivity index (χ2n) is 5.10.